The van der Waals surface area contributed by atoms with Crippen molar-refractivity contribution < 1.29 is 23.5 Å². The SMILES string of the molecule is N#Cc1ccc(OC(=O)c2ccc(CCCCCCCc3ccc(C(=O)Oc4ccc(C#N)c(P)c4)cc3)cc2)cc1F. The molecule has 0 fully saturated rings. The second-order valence-electron chi connectivity index (χ2n) is 10.1. The van der Waals surface area contributed by atoms with E-state index in [9.17, 15) is 14.0 Å². The van der Waals surface area contributed by atoms with Gasteiger partial charge in [-0.15, -0.1) is 9.24 Å². The van der Waals surface area contributed by atoms with Crippen LogP contribution in [-0.2, 0) is 12.8 Å². The summed E-state index contributed by atoms with van der Waals surface area (Å²) in [7, 11) is 2.47. The summed E-state index contributed by atoms with van der Waals surface area (Å²) in [5.74, 6) is -1.29. The van der Waals surface area contributed by atoms with Crippen LogP contribution in [0.5, 0.6) is 11.5 Å². The van der Waals surface area contributed by atoms with Crippen LogP contribution in [0.15, 0.2) is 84.9 Å². The minimum absolute atomic E-state index is 0.0535. The highest BCUT2D eigenvalue weighted by Crippen LogP contribution is 2.19. The standard InChI is InChI=1S/C35H30FN2O4P/c36-32-20-30(18-16-28(32)22-37)41-34(39)26-12-8-24(9-13-26)6-4-2-1-3-5-7-25-10-14-27(15-11-25)35(40)42-31-19-17-29(23-38)33(43)21-31/h8-21H,1-7,43H2. The molecule has 0 aliphatic heterocycles. The van der Waals surface area contributed by atoms with Crippen molar-refractivity contribution in [3.8, 4) is 23.6 Å². The molecule has 4 aromatic rings. The van der Waals surface area contributed by atoms with Crippen molar-refractivity contribution in [3.05, 3.63) is 124 Å². The topological polar surface area (TPSA) is 100 Å². The van der Waals surface area contributed by atoms with Crippen LogP contribution in [0, 0.1) is 28.5 Å². The van der Waals surface area contributed by atoms with Crippen LogP contribution >= 0.6 is 9.24 Å². The van der Waals surface area contributed by atoms with Crippen molar-refractivity contribution in [1.82, 2.24) is 0 Å². The molecule has 0 N–H and O–H groups in total. The van der Waals surface area contributed by atoms with E-state index in [-0.39, 0.29) is 11.3 Å². The minimum atomic E-state index is -0.729. The molecule has 0 spiro atoms. The molecular formula is C35H30FN2O4P. The van der Waals surface area contributed by atoms with E-state index in [1.54, 1.807) is 48.5 Å². The maximum Gasteiger partial charge on any atom is 0.343 e. The molecule has 1 atom stereocenters. The van der Waals surface area contributed by atoms with Gasteiger partial charge in [0.1, 0.15) is 23.4 Å². The molecule has 1 unspecified atom stereocenters. The summed E-state index contributed by atoms with van der Waals surface area (Å²) in [6, 6.07) is 27.1. The summed E-state index contributed by atoms with van der Waals surface area (Å²) in [6.45, 7) is 0. The van der Waals surface area contributed by atoms with Gasteiger partial charge in [-0.3, -0.25) is 0 Å². The third-order valence-corrected chi connectivity index (χ3v) is 7.41. The van der Waals surface area contributed by atoms with E-state index in [1.807, 2.05) is 24.3 Å². The highest BCUT2D eigenvalue weighted by molar-refractivity contribution is 7.27. The Hall–Kier alpha value is -4.84. The molecule has 4 aromatic carbocycles. The number of carbonyl (C=O) groups excluding carboxylic acids is 2. The van der Waals surface area contributed by atoms with E-state index in [0.717, 1.165) is 56.6 Å². The zero-order valence-electron chi connectivity index (χ0n) is 23.5. The normalized spacial score (nSPS) is 10.4. The highest BCUT2D eigenvalue weighted by atomic mass is 31.0. The zero-order chi connectivity index (χ0) is 30.6. The number of nitriles is 2. The molecule has 0 aromatic heterocycles. The molecule has 0 bridgehead atoms. The summed E-state index contributed by atoms with van der Waals surface area (Å²) < 4.78 is 24.4. The van der Waals surface area contributed by atoms with Crippen molar-refractivity contribution in [1.29, 1.82) is 10.5 Å². The smallest absolute Gasteiger partial charge is 0.343 e. The van der Waals surface area contributed by atoms with E-state index in [2.05, 4.69) is 15.3 Å². The number of halogens is 1. The fourth-order valence-corrected chi connectivity index (χ4v) is 4.82. The van der Waals surface area contributed by atoms with Gasteiger partial charge in [-0.1, -0.05) is 43.5 Å². The Balaban J connectivity index is 1.11. The minimum Gasteiger partial charge on any atom is -0.423 e. The molecule has 43 heavy (non-hydrogen) atoms. The first-order chi connectivity index (χ1) is 20.9. The van der Waals surface area contributed by atoms with Crippen LogP contribution < -0.4 is 14.8 Å². The van der Waals surface area contributed by atoms with Gasteiger partial charge >= 0.3 is 11.9 Å². The van der Waals surface area contributed by atoms with Gasteiger partial charge in [-0.05, 0) is 96.7 Å². The number of rotatable bonds is 12. The molecule has 4 rings (SSSR count). The average molecular weight is 593 g/mol. The van der Waals surface area contributed by atoms with Crippen LogP contribution in [-0.4, -0.2) is 11.9 Å². The van der Waals surface area contributed by atoms with Crippen LogP contribution in [0.3, 0.4) is 0 Å². The number of ether oxygens (including phenoxy) is 2. The van der Waals surface area contributed by atoms with Gasteiger partial charge in [-0.2, -0.15) is 10.5 Å². The van der Waals surface area contributed by atoms with Crippen molar-refractivity contribution in [2.75, 3.05) is 0 Å². The number of esters is 2. The number of carbonyl (C=O) groups is 2. The van der Waals surface area contributed by atoms with Gasteiger partial charge in [-0.25, -0.2) is 14.0 Å². The second kappa shape index (κ2) is 15.4. The Morgan fingerprint density at radius 2 is 1.07 bits per heavy atom. The number of aryl methyl sites for hydroxylation is 2. The second-order valence-corrected chi connectivity index (χ2v) is 10.7. The van der Waals surface area contributed by atoms with Gasteiger partial charge in [0.05, 0.1) is 28.3 Å². The van der Waals surface area contributed by atoms with E-state index >= 15 is 0 Å². The molecule has 0 saturated carbocycles. The fraction of sp³-hybridized carbons (Fsp3) is 0.200. The third kappa shape index (κ3) is 9.07. The third-order valence-electron chi connectivity index (χ3n) is 6.94. The lowest BCUT2D eigenvalue weighted by Gasteiger charge is -2.07. The van der Waals surface area contributed by atoms with Crippen LogP contribution in [0.4, 0.5) is 4.39 Å². The predicted molar refractivity (Wildman–Crippen MR) is 165 cm³/mol. The largest absolute Gasteiger partial charge is 0.423 e. The molecule has 216 valence electrons. The molecule has 0 aliphatic rings. The lowest BCUT2D eigenvalue weighted by molar-refractivity contribution is 0.0725. The van der Waals surface area contributed by atoms with Gasteiger partial charge < -0.3 is 9.47 Å². The molecule has 0 radical (unpaired) electrons. The fourth-order valence-electron chi connectivity index (χ4n) is 4.49. The number of nitrogens with zero attached hydrogens (tertiary/aromatic N) is 2. The summed E-state index contributed by atoms with van der Waals surface area (Å²) in [4.78, 5) is 24.8. The number of unbranched alkanes of at least 4 members (excludes halogenated alkanes) is 4. The number of benzene rings is 4. The van der Waals surface area contributed by atoms with E-state index in [1.165, 1.54) is 17.7 Å². The van der Waals surface area contributed by atoms with Gasteiger partial charge in [0.2, 0.25) is 0 Å². The van der Waals surface area contributed by atoms with Crippen LogP contribution in [0.25, 0.3) is 0 Å². The van der Waals surface area contributed by atoms with E-state index in [0.29, 0.717) is 27.7 Å². The number of hydrogen-bond acceptors (Lipinski definition) is 6. The zero-order valence-corrected chi connectivity index (χ0v) is 24.7. The van der Waals surface area contributed by atoms with Crippen molar-refractivity contribution in [3.63, 3.8) is 0 Å². The summed E-state index contributed by atoms with van der Waals surface area (Å²) in [5.41, 5.74) is 3.57. The van der Waals surface area contributed by atoms with Crippen molar-refractivity contribution in [2.45, 2.75) is 44.9 Å². The summed E-state index contributed by atoms with van der Waals surface area (Å²) >= 11 is 0. The first-order valence-corrected chi connectivity index (χ1v) is 14.6. The Labute approximate surface area is 252 Å². The monoisotopic (exact) mass is 592 g/mol. The van der Waals surface area contributed by atoms with Gasteiger partial charge in [0, 0.05) is 6.07 Å². The maximum absolute atomic E-state index is 13.7. The van der Waals surface area contributed by atoms with Crippen molar-refractivity contribution >= 4 is 26.5 Å². The molecule has 8 heteroatoms. The van der Waals surface area contributed by atoms with Crippen LogP contribution in [0.1, 0.15) is 75.1 Å². The van der Waals surface area contributed by atoms with Gasteiger partial charge in [0.25, 0.3) is 0 Å². The van der Waals surface area contributed by atoms with E-state index < -0.39 is 17.8 Å². The van der Waals surface area contributed by atoms with Gasteiger partial charge in [0.15, 0.2) is 0 Å². The summed E-state index contributed by atoms with van der Waals surface area (Å²) in [5, 5.41) is 18.5. The molecule has 6 nitrogen and oxygen atoms in total. The quantitative estimate of drug-likeness (QED) is 0.0744. The molecule has 0 amide bonds. The predicted octanol–water partition coefficient (Wildman–Crippen LogP) is 7.24. The average Bonchev–Trinajstić information content (AvgIpc) is 3.01. The molecule has 0 heterocycles. The highest BCUT2D eigenvalue weighted by Gasteiger charge is 2.12. The first kappa shape index (κ1) is 31.1. The summed E-state index contributed by atoms with van der Waals surface area (Å²) in [6.07, 6.45) is 7.29. The number of hydrogen-bond donors (Lipinski definition) is 0. The Morgan fingerprint density at radius 3 is 1.51 bits per heavy atom. The van der Waals surface area contributed by atoms with E-state index in [4.69, 9.17) is 20.0 Å². The lowest BCUT2D eigenvalue weighted by Crippen LogP contribution is -2.10. The molecule has 0 saturated heterocycles. The first-order valence-electron chi connectivity index (χ1n) is 14.0. The Bertz CT molecular complexity index is 1550. The lowest BCUT2D eigenvalue weighted by atomic mass is 10.0. The Kier molecular flexibility index (Phi) is 11.1. The molecule has 0 aliphatic carbocycles. The Morgan fingerprint density at radius 1 is 0.628 bits per heavy atom. The van der Waals surface area contributed by atoms with Crippen molar-refractivity contribution in [2.24, 2.45) is 0 Å². The maximum atomic E-state index is 13.7. The molecular weight excluding hydrogens is 562 g/mol. The van der Waals surface area contributed by atoms with Crippen LogP contribution in [0.2, 0.25) is 0 Å².